The molecule has 0 spiro atoms. The molecule has 20 heavy (non-hydrogen) atoms. The molecule has 3 atom stereocenters. The van der Waals surface area contributed by atoms with Crippen LogP contribution in [0, 0.1) is 5.41 Å². The van der Waals surface area contributed by atoms with Gasteiger partial charge in [0.25, 0.3) is 0 Å². The van der Waals surface area contributed by atoms with Crippen LogP contribution in [0.5, 0.6) is 5.75 Å². The Labute approximate surface area is 120 Å². The second-order valence-corrected chi connectivity index (χ2v) is 7.54. The van der Waals surface area contributed by atoms with Crippen LogP contribution in [0.15, 0.2) is 24.3 Å². The highest BCUT2D eigenvalue weighted by Crippen LogP contribution is 2.62. The summed E-state index contributed by atoms with van der Waals surface area (Å²) in [7, 11) is -0.00843. The van der Waals surface area contributed by atoms with Gasteiger partial charge in [0.2, 0.25) is 0 Å². The number of hydrogen-bond donors (Lipinski definition) is 1. The van der Waals surface area contributed by atoms with Gasteiger partial charge in [0.1, 0.15) is 5.75 Å². The van der Waals surface area contributed by atoms with Crippen molar-refractivity contribution in [2.45, 2.75) is 11.2 Å². The van der Waals surface area contributed by atoms with Crippen molar-refractivity contribution in [3.05, 3.63) is 29.8 Å². The van der Waals surface area contributed by atoms with Gasteiger partial charge < -0.3 is 15.2 Å². The van der Waals surface area contributed by atoms with Gasteiger partial charge in [0.15, 0.2) is 9.84 Å². The Balaban J connectivity index is 2.37. The van der Waals surface area contributed by atoms with Crippen LogP contribution in [0.4, 0.5) is 0 Å². The number of hydrogen-bond acceptors (Lipinski definition) is 5. The van der Waals surface area contributed by atoms with Crippen LogP contribution < -0.4 is 10.5 Å². The van der Waals surface area contributed by atoms with Gasteiger partial charge in [-0.3, -0.25) is 0 Å². The van der Waals surface area contributed by atoms with E-state index >= 15 is 0 Å². The standard InChI is InChI=1S/C14H21NO4S/c1-18-9-14(8-15)12(13(14)20(3,16)17)10-4-6-11(19-2)7-5-10/h4-7,12-13H,8-9,15H2,1-3H3/t12-,13-,14+/m0/s1. The van der Waals surface area contributed by atoms with E-state index < -0.39 is 20.5 Å². The minimum Gasteiger partial charge on any atom is -0.497 e. The zero-order valence-corrected chi connectivity index (χ0v) is 12.8. The van der Waals surface area contributed by atoms with E-state index in [1.165, 1.54) is 6.26 Å². The average Bonchev–Trinajstić information content (AvgIpc) is 3.09. The molecule has 0 bridgehead atoms. The largest absolute Gasteiger partial charge is 0.497 e. The van der Waals surface area contributed by atoms with Gasteiger partial charge in [-0.15, -0.1) is 0 Å². The van der Waals surface area contributed by atoms with E-state index in [0.29, 0.717) is 6.61 Å². The highest BCUT2D eigenvalue weighted by molar-refractivity contribution is 7.91. The lowest BCUT2D eigenvalue weighted by atomic mass is 10.00. The van der Waals surface area contributed by atoms with Crippen molar-refractivity contribution in [1.29, 1.82) is 0 Å². The fraction of sp³-hybridized carbons (Fsp3) is 0.571. The van der Waals surface area contributed by atoms with E-state index in [-0.39, 0.29) is 12.5 Å². The Bertz CT molecular complexity index is 569. The van der Waals surface area contributed by atoms with E-state index in [1.807, 2.05) is 24.3 Å². The van der Waals surface area contributed by atoms with E-state index in [0.717, 1.165) is 11.3 Å². The first-order valence-electron chi connectivity index (χ1n) is 6.42. The summed E-state index contributed by atoms with van der Waals surface area (Å²) in [5.74, 6) is 0.628. The molecule has 0 aliphatic heterocycles. The maximum atomic E-state index is 12.0. The predicted molar refractivity (Wildman–Crippen MR) is 77.7 cm³/mol. The first-order chi connectivity index (χ1) is 9.40. The molecule has 1 saturated carbocycles. The van der Waals surface area contributed by atoms with E-state index in [9.17, 15) is 8.42 Å². The van der Waals surface area contributed by atoms with Crippen LogP contribution in [0.2, 0.25) is 0 Å². The molecule has 5 nitrogen and oxygen atoms in total. The van der Waals surface area contributed by atoms with Crippen LogP contribution in [0.3, 0.4) is 0 Å². The molecule has 2 rings (SSSR count). The molecule has 2 N–H and O–H groups in total. The molecule has 1 aromatic carbocycles. The maximum absolute atomic E-state index is 12.0. The van der Waals surface area contributed by atoms with E-state index in [2.05, 4.69) is 0 Å². The summed E-state index contributed by atoms with van der Waals surface area (Å²) in [4.78, 5) is 0. The molecule has 112 valence electrons. The molecule has 1 aromatic rings. The summed E-state index contributed by atoms with van der Waals surface area (Å²) >= 11 is 0. The number of ether oxygens (including phenoxy) is 2. The molecule has 0 unspecified atom stereocenters. The Kier molecular flexibility index (Phi) is 4.09. The SMILES string of the molecule is COC[C@]1(CN)[C@@H](c2ccc(OC)cc2)[C@@H]1S(C)(=O)=O. The molecular weight excluding hydrogens is 278 g/mol. The molecule has 0 aromatic heterocycles. The van der Waals surface area contributed by atoms with Gasteiger partial charge >= 0.3 is 0 Å². The molecule has 0 amide bonds. The Morgan fingerprint density at radius 3 is 2.25 bits per heavy atom. The number of sulfone groups is 1. The molecule has 1 aliphatic carbocycles. The van der Waals surface area contributed by atoms with Crippen LogP contribution in [-0.4, -0.2) is 47.3 Å². The molecule has 0 saturated heterocycles. The summed E-state index contributed by atoms with van der Waals surface area (Å²) in [6.07, 6.45) is 1.27. The first kappa shape index (κ1) is 15.3. The zero-order valence-electron chi connectivity index (χ0n) is 12.0. The van der Waals surface area contributed by atoms with Crippen molar-refractivity contribution in [2.75, 3.05) is 33.6 Å². The van der Waals surface area contributed by atoms with E-state index in [4.69, 9.17) is 15.2 Å². The third kappa shape index (κ3) is 2.43. The summed E-state index contributed by atoms with van der Waals surface area (Å²) in [6.45, 7) is 0.632. The van der Waals surface area contributed by atoms with Gasteiger partial charge in [-0.25, -0.2) is 8.42 Å². The third-order valence-corrected chi connectivity index (χ3v) is 5.77. The van der Waals surface area contributed by atoms with Gasteiger partial charge in [0, 0.05) is 31.2 Å². The number of benzene rings is 1. The van der Waals surface area contributed by atoms with Gasteiger partial charge in [-0.2, -0.15) is 0 Å². The second kappa shape index (κ2) is 5.35. The highest BCUT2D eigenvalue weighted by atomic mass is 32.2. The molecule has 0 heterocycles. The minimum absolute atomic E-state index is 0.117. The predicted octanol–water partition coefficient (Wildman–Crippen LogP) is 0.797. The first-order valence-corrected chi connectivity index (χ1v) is 8.38. The van der Waals surface area contributed by atoms with Crippen LogP contribution >= 0.6 is 0 Å². The number of rotatable bonds is 6. The summed E-state index contributed by atoms with van der Waals surface area (Å²) < 4.78 is 34.4. The lowest BCUT2D eigenvalue weighted by Gasteiger charge is -2.14. The number of methoxy groups -OCH3 is 2. The molecule has 1 aliphatic rings. The van der Waals surface area contributed by atoms with Crippen LogP contribution in [0.25, 0.3) is 0 Å². The van der Waals surface area contributed by atoms with Gasteiger partial charge in [-0.05, 0) is 17.7 Å². The fourth-order valence-electron chi connectivity index (χ4n) is 3.19. The highest BCUT2D eigenvalue weighted by Gasteiger charge is 2.69. The summed E-state index contributed by atoms with van der Waals surface area (Å²) in [5, 5.41) is -0.478. The molecule has 1 fully saturated rings. The van der Waals surface area contributed by atoms with Crippen molar-refractivity contribution in [3.63, 3.8) is 0 Å². The molecule has 6 heteroatoms. The molecule has 0 radical (unpaired) electrons. The quantitative estimate of drug-likeness (QED) is 0.840. The Morgan fingerprint density at radius 2 is 1.85 bits per heavy atom. The van der Waals surface area contributed by atoms with E-state index in [1.54, 1.807) is 14.2 Å². The van der Waals surface area contributed by atoms with Crippen LogP contribution in [0.1, 0.15) is 11.5 Å². The Hall–Kier alpha value is -1.11. The van der Waals surface area contributed by atoms with Crippen molar-refractivity contribution < 1.29 is 17.9 Å². The van der Waals surface area contributed by atoms with Crippen LogP contribution in [-0.2, 0) is 14.6 Å². The third-order valence-electron chi connectivity index (χ3n) is 4.11. The van der Waals surface area contributed by atoms with Gasteiger partial charge in [0.05, 0.1) is 19.0 Å². The normalized spacial score (nSPS) is 29.2. The van der Waals surface area contributed by atoms with Gasteiger partial charge in [-0.1, -0.05) is 12.1 Å². The lowest BCUT2D eigenvalue weighted by molar-refractivity contribution is 0.142. The average molecular weight is 299 g/mol. The fourth-order valence-corrected chi connectivity index (χ4v) is 5.20. The summed E-state index contributed by atoms with van der Waals surface area (Å²) in [5.41, 5.74) is 6.30. The molecular formula is C14H21NO4S. The smallest absolute Gasteiger partial charge is 0.151 e. The van der Waals surface area contributed by atoms with Crippen molar-refractivity contribution in [2.24, 2.45) is 11.1 Å². The topological polar surface area (TPSA) is 78.6 Å². The Morgan fingerprint density at radius 1 is 1.25 bits per heavy atom. The minimum atomic E-state index is -3.18. The van der Waals surface area contributed by atoms with Crippen molar-refractivity contribution in [1.82, 2.24) is 0 Å². The second-order valence-electron chi connectivity index (χ2n) is 5.37. The number of nitrogens with two attached hydrogens (primary N) is 1. The van der Waals surface area contributed by atoms with Crippen molar-refractivity contribution in [3.8, 4) is 5.75 Å². The zero-order chi connectivity index (χ0) is 15.0. The van der Waals surface area contributed by atoms with Crippen molar-refractivity contribution >= 4 is 9.84 Å². The lowest BCUT2D eigenvalue weighted by Crippen LogP contribution is -2.28. The maximum Gasteiger partial charge on any atom is 0.151 e. The monoisotopic (exact) mass is 299 g/mol. The summed E-state index contributed by atoms with van der Waals surface area (Å²) in [6, 6.07) is 7.46.